The van der Waals surface area contributed by atoms with E-state index in [2.05, 4.69) is 5.32 Å². The van der Waals surface area contributed by atoms with E-state index in [0.717, 1.165) is 15.8 Å². The number of carbonyl (C=O) groups is 2. The van der Waals surface area contributed by atoms with Gasteiger partial charge in [-0.2, -0.15) is 0 Å². The Balaban J connectivity index is 1.58. The van der Waals surface area contributed by atoms with Gasteiger partial charge in [-0.25, -0.2) is 0 Å². The molecular formula is C25H22ClN3O3S. The van der Waals surface area contributed by atoms with Gasteiger partial charge in [0, 0.05) is 17.0 Å². The van der Waals surface area contributed by atoms with Gasteiger partial charge in [0.1, 0.15) is 21.8 Å². The highest BCUT2D eigenvalue weighted by Crippen LogP contribution is 2.40. The highest BCUT2D eigenvalue weighted by Gasteiger charge is 2.49. The third kappa shape index (κ3) is 3.57. The van der Waals surface area contributed by atoms with E-state index in [1.54, 1.807) is 48.5 Å². The Labute approximate surface area is 200 Å². The lowest BCUT2D eigenvalue weighted by atomic mass is 9.93. The van der Waals surface area contributed by atoms with Crippen LogP contribution in [0, 0.1) is 0 Å². The van der Waals surface area contributed by atoms with Gasteiger partial charge in [0.25, 0.3) is 5.91 Å². The maximum absolute atomic E-state index is 13.8. The Kier molecular flexibility index (Phi) is 5.38. The van der Waals surface area contributed by atoms with Crippen LogP contribution in [0.25, 0.3) is 10.2 Å². The van der Waals surface area contributed by atoms with Gasteiger partial charge in [-0.3, -0.25) is 14.5 Å². The number of halogens is 1. The van der Waals surface area contributed by atoms with Crippen LogP contribution in [0.4, 0.5) is 5.69 Å². The number of anilines is 1. The summed E-state index contributed by atoms with van der Waals surface area (Å²) in [6, 6.07) is 18.5. The molecule has 8 heteroatoms. The van der Waals surface area contributed by atoms with Crippen LogP contribution in [-0.4, -0.2) is 29.0 Å². The summed E-state index contributed by atoms with van der Waals surface area (Å²) in [5.74, 6) is 0.0449. The summed E-state index contributed by atoms with van der Waals surface area (Å²) in [7, 11) is 1.56. The summed E-state index contributed by atoms with van der Waals surface area (Å²) in [6.07, 6.45) is 0. The van der Waals surface area contributed by atoms with Crippen LogP contribution >= 0.6 is 22.9 Å². The zero-order valence-electron chi connectivity index (χ0n) is 18.2. The summed E-state index contributed by atoms with van der Waals surface area (Å²) in [5, 5.41) is 6.65. The normalized spacial score (nSPS) is 17.8. The lowest BCUT2D eigenvalue weighted by molar-refractivity contribution is -0.126. The van der Waals surface area contributed by atoms with Crippen LogP contribution in [0.3, 0.4) is 0 Å². The minimum Gasteiger partial charge on any atom is -0.495 e. The average Bonchev–Trinajstić information content (AvgIpc) is 3.41. The maximum atomic E-state index is 13.8. The molecule has 6 nitrogen and oxygen atoms in total. The average molecular weight is 480 g/mol. The number of nitrogens with one attached hydrogen (secondary N) is 1. The number of nitrogens with zero attached hydrogens (tertiary/aromatic N) is 2. The van der Waals surface area contributed by atoms with E-state index in [1.165, 1.54) is 0 Å². The molecule has 0 fully saturated rings. The smallest absolute Gasteiger partial charge is 0.276 e. The van der Waals surface area contributed by atoms with Gasteiger partial charge in [-0.15, -0.1) is 11.3 Å². The number of hydrogen-bond acceptors (Lipinski definition) is 4. The second-order valence-electron chi connectivity index (χ2n) is 8.19. The van der Waals surface area contributed by atoms with Gasteiger partial charge < -0.3 is 14.6 Å². The Morgan fingerprint density at radius 1 is 1.18 bits per heavy atom. The van der Waals surface area contributed by atoms with Gasteiger partial charge in [-0.1, -0.05) is 35.9 Å². The van der Waals surface area contributed by atoms with Crippen LogP contribution < -0.4 is 15.0 Å². The SMILES string of the molecule is COc1ccccc1N1C(=O)c2cc3ccsc3n2CC1(C)C(=O)NCc1ccc(Cl)cc1. The number of carbonyl (C=O) groups excluding carboxylic acids is 2. The molecule has 2 amide bonds. The molecule has 0 radical (unpaired) electrons. The zero-order chi connectivity index (χ0) is 23.2. The molecule has 5 rings (SSSR count). The quantitative estimate of drug-likeness (QED) is 0.433. The first kappa shape index (κ1) is 21.6. The van der Waals surface area contributed by atoms with Gasteiger partial charge in [0.15, 0.2) is 0 Å². The maximum Gasteiger partial charge on any atom is 0.276 e. The summed E-state index contributed by atoms with van der Waals surface area (Å²) < 4.78 is 7.50. The van der Waals surface area contributed by atoms with Gasteiger partial charge >= 0.3 is 0 Å². The van der Waals surface area contributed by atoms with E-state index in [4.69, 9.17) is 16.3 Å². The summed E-state index contributed by atoms with van der Waals surface area (Å²) >= 11 is 7.54. The van der Waals surface area contributed by atoms with Crippen molar-refractivity contribution in [2.75, 3.05) is 12.0 Å². The van der Waals surface area contributed by atoms with Crippen molar-refractivity contribution in [2.45, 2.75) is 25.6 Å². The van der Waals surface area contributed by atoms with Crippen molar-refractivity contribution in [3.05, 3.63) is 82.3 Å². The first-order chi connectivity index (χ1) is 15.9. The Bertz CT molecular complexity index is 1360. The molecule has 3 heterocycles. The minimum absolute atomic E-state index is 0.238. The molecule has 2 aromatic heterocycles. The van der Waals surface area contributed by atoms with E-state index in [-0.39, 0.29) is 11.8 Å². The number of amides is 2. The molecule has 1 aliphatic rings. The molecular weight excluding hydrogens is 458 g/mol. The predicted molar refractivity (Wildman–Crippen MR) is 131 cm³/mol. The van der Waals surface area contributed by atoms with Crippen molar-refractivity contribution in [1.29, 1.82) is 0 Å². The molecule has 0 spiro atoms. The standard InChI is InChI=1S/C25H22ClN3O3S/c1-25(24(31)27-14-16-7-9-18(26)10-8-16)15-28-20(13-17-11-12-33-23(17)28)22(30)29(25)19-5-3-4-6-21(19)32-2/h3-13H,14-15H2,1-2H3,(H,27,31). The van der Waals surface area contributed by atoms with E-state index >= 15 is 0 Å². The largest absolute Gasteiger partial charge is 0.495 e. The molecule has 0 saturated carbocycles. The Morgan fingerprint density at radius 2 is 1.94 bits per heavy atom. The van der Waals surface area contributed by atoms with Crippen LogP contribution in [0.2, 0.25) is 5.02 Å². The van der Waals surface area contributed by atoms with Gasteiger partial charge in [0.2, 0.25) is 5.91 Å². The molecule has 168 valence electrons. The number of benzene rings is 2. The lowest BCUT2D eigenvalue weighted by Gasteiger charge is -2.44. The second kappa shape index (κ2) is 8.24. The number of thiophene rings is 1. The molecule has 33 heavy (non-hydrogen) atoms. The molecule has 0 saturated heterocycles. The molecule has 4 aromatic rings. The highest BCUT2D eigenvalue weighted by molar-refractivity contribution is 7.16. The van der Waals surface area contributed by atoms with Gasteiger partial charge in [0.05, 0.1) is 19.3 Å². The zero-order valence-corrected chi connectivity index (χ0v) is 19.7. The number of para-hydroxylation sites is 2. The van der Waals surface area contributed by atoms with Crippen molar-refractivity contribution in [3.8, 4) is 5.75 Å². The monoisotopic (exact) mass is 479 g/mol. The van der Waals surface area contributed by atoms with Crippen molar-refractivity contribution >= 4 is 50.7 Å². The number of ether oxygens (including phenoxy) is 1. The number of fused-ring (bicyclic) bond motifs is 3. The molecule has 0 aliphatic carbocycles. The molecule has 1 unspecified atom stereocenters. The van der Waals surface area contributed by atoms with Crippen molar-refractivity contribution in [1.82, 2.24) is 9.88 Å². The van der Waals surface area contributed by atoms with E-state index in [1.807, 2.05) is 52.4 Å². The van der Waals surface area contributed by atoms with Crippen LogP contribution in [0.1, 0.15) is 23.0 Å². The fraction of sp³-hybridized carbons (Fsp3) is 0.200. The van der Waals surface area contributed by atoms with Gasteiger partial charge in [-0.05, 0) is 54.3 Å². The summed E-state index contributed by atoms with van der Waals surface area (Å²) in [5.41, 5.74) is 0.862. The topological polar surface area (TPSA) is 63.6 Å². The second-order valence-corrected chi connectivity index (χ2v) is 9.52. The summed E-state index contributed by atoms with van der Waals surface area (Å²) in [6.45, 7) is 2.45. The van der Waals surface area contributed by atoms with Crippen LogP contribution in [0.15, 0.2) is 66.0 Å². The molecule has 1 atom stereocenters. The van der Waals surface area contributed by atoms with E-state index in [0.29, 0.717) is 35.2 Å². The molecule has 1 aliphatic heterocycles. The van der Waals surface area contributed by atoms with Crippen molar-refractivity contribution < 1.29 is 14.3 Å². The number of methoxy groups -OCH3 is 1. The fourth-order valence-corrected chi connectivity index (χ4v) is 5.39. The molecule has 0 bridgehead atoms. The molecule has 1 N–H and O–H groups in total. The number of aromatic nitrogens is 1. The first-order valence-electron chi connectivity index (χ1n) is 10.5. The third-order valence-corrected chi connectivity index (χ3v) is 7.27. The minimum atomic E-state index is -1.18. The lowest BCUT2D eigenvalue weighted by Crippen LogP contribution is -2.64. The first-order valence-corrected chi connectivity index (χ1v) is 11.8. The molecule has 2 aromatic carbocycles. The highest BCUT2D eigenvalue weighted by atomic mass is 35.5. The summed E-state index contributed by atoms with van der Waals surface area (Å²) in [4.78, 5) is 30.1. The Morgan fingerprint density at radius 3 is 2.70 bits per heavy atom. The Hall–Kier alpha value is -3.29. The van der Waals surface area contributed by atoms with E-state index < -0.39 is 5.54 Å². The van der Waals surface area contributed by atoms with Crippen LogP contribution in [0.5, 0.6) is 5.75 Å². The fourth-order valence-electron chi connectivity index (χ4n) is 4.36. The van der Waals surface area contributed by atoms with Crippen molar-refractivity contribution in [3.63, 3.8) is 0 Å². The van der Waals surface area contributed by atoms with E-state index in [9.17, 15) is 9.59 Å². The number of rotatable bonds is 5. The predicted octanol–water partition coefficient (Wildman–Crippen LogP) is 5.10. The third-order valence-electron chi connectivity index (χ3n) is 6.07. The van der Waals surface area contributed by atoms with Crippen LogP contribution in [-0.2, 0) is 17.9 Å². The van der Waals surface area contributed by atoms with Crippen molar-refractivity contribution in [2.24, 2.45) is 0 Å². The number of hydrogen-bond donors (Lipinski definition) is 1.